The number of hydrogen-bond acceptors (Lipinski definition) is 3. The fraction of sp³-hybridized carbons (Fsp3) is 0.286. The van der Waals surface area contributed by atoms with Crippen molar-refractivity contribution in [3.8, 4) is 17.3 Å². The van der Waals surface area contributed by atoms with Gasteiger partial charge >= 0.3 is 6.03 Å². The minimum atomic E-state index is -0.293. The van der Waals surface area contributed by atoms with Gasteiger partial charge < -0.3 is 19.5 Å². The number of amides is 2. The molecule has 2 aromatic heterocycles. The Morgan fingerprint density at radius 3 is 2.69 bits per heavy atom. The lowest BCUT2D eigenvalue weighted by Gasteiger charge is -2.31. The number of urea groups is 1. The number of para-hydroxylation sites is 1. The molecule has 0 aliphatic carbocycles. The van der Waals surface area contributed by atoms with Crippen LogP contribution in [-0.4, -0.2) is 38.4 Å². The molecule has 1 atom stereocenters. The monoisotopic (exact) mass is 469 g/mol. The highest BCUT2D eigenvalue weighted by atomic mass is 16.5. The molecule has 0 fully saturated rings. The Morgan fingerprint density at radius 2 is 1.91 bits per heavy atom. The van der Waals surface area contributed by atoms with Crippen molar-refractivity contribution < 1.29 is 9.53 Å². The summed E-state index contributed by atoms with van der Waals surface area (Å²) in [5, 5.41) is 7.99. The number of aromatic nitrogens is 3. The van der Waals surface area contributed by atoms with Crippen LogP contribution < -0.4 is 10.1 Å². The molecule has 7 nitrogen and oxygen atoms in total. The van der Waals surface area contributed by atoms with Gasteiger partial charge in [0.1, 0.15) is 11.6 Å². The Morgan fingerprint density at radius 1 is 1.09 bits per heavy atom. The average molecular weight is 470 g/mol. The van der Waals surface area contributed by atoms with Crippen molar-refractivity contribution in [3.05, 3.63) is 95.4 Å². The lowest BCUT2D eigenvalue weighted by molar-refractivity contribution is 0.180. The van der Waals surface area contributed by atoms with Crippen molar-refractivity contribution >= 4 is 6.03 Å². The van der Waals surface area contributed by atoms with Crippen LogP contribution in [0.3, 0.4) is 0 Å². The molecule has 0 radical (unpaired) electrons. The molecule has 0 saturated carbocycles. The van der Waals surface area contributed by atoms with Crippen LogP contribution in [0.4, 0.5) is 4.79 Å². The second kappa shape index (κ2) is 9.70. The number of carbonyl (C=O) groups is 1. The van der Waals surface area contributed by atoms with E-state index in [1.165, 1.54) is 0 Å². The molecule has 0 unspecified atom stereocenters. The number of nitrogens with zero attached hydrogens (tertiary/aromatic N) is 4. The molecule has 180 valence electrons. The SMILES string of the molecule is CCCNC(=O)N1Cc2c(C)nn(-c3ccccc3)c2-n2cccc2[C@H]1c1cccc(OCC)c1. The van der Waals surface area contributed by atoms with Crippen LogP contribution in [0.1, 0.15) is 48.8 Å². The van der Waals surface area contributed by atoms with Crippen LogP contribution in [0.2, 0.25) is 0 Å². The zero-order valence-electron chi connectivity index (χ0n) is 20.4. The van der Waals surface area contributed by atoms with Gasteiger partial charge in [-0.25, -0.2) is 9.48 Å². The Kier molecular flexibility index (Phi) is 6.31. The van der Waals surface area contributed by atoms with E-state index in [0.29, 0.717) is 19.7 Å². The summed E-state index contributed by atoms with van der Waals surface area (Å²) in [6, 6.07) is 21.9. The third kappa shape index (κ3) is 4.18. The first kappa shape index (κ1) is 22.8. The first-order chi connectivity index (χ1) is 17.1. The number of hydrogen-bond donors (Lipinski definition) is 1. The van der Waals surface area contributed by atoms with Crippen molar-refractivity contribution in [2.24, 2.45) is 0 Å². The number of aryl methyl sites for hydroxylation is 1. The molecule has 7 heteroatoms. The van der Waals surface area contributed by atoms with E-state index < -0.39 is 0 Å². The molecule has 1 aliphatic heterocycles. The number of fused-ring (bicyclic) bond motifs is 3. The maximum absolute atomic E-state index is 13.6. The van der Waals surface area contributed by atoms with E-state index in [9.17, 15) is 4.79 Å². The van der Waals surface area contributed by atoms with Gasteiger partial charge in [0.2, 0.25) is 0 Å². The van der Waals surface area contributed by atoms with Gasteiger partial charge in [0, 0.05) is 18.3 Å². The van der Waals surface area contributed by atoms with Crippen molar-refractivity contribution in [1.82, 2.24) is 24.6 Å². The van der Waals surface area contributed by atoms with Crippen LogP contribution in [-0.2, 0) is 6.54 Å². The molecule has 2 amide bonds. The van der Waals surface area contributed by atoms with E-state index in [0.717, 1.165) is 46.2 Å². The molecule has 35 heavy (non-hydrogen) atoms. The highest BCUT2D eigenvalue weighted by Crippen LogP contribution is 2.39. The first-order valence-electron chi connectivity index (χ1n) is 12.2. The largest absolute Gasteiger partial charge is 0.494 e. The molecule has 3 heterocycles. The number of ether oxygens (including phenoxy) is 1. The van der Waals surface area contributed by atoms with E-state index in [-0.39, 0.29) is 12.1 Å². The number of rotatable bonds is 6. The lowest BCUT2D eigenvalue weighted by Crippen LogP contribution is -2.42. The van der Waals surface area contributed by atoms with Gasteiger partial charge in [-0.1, -0.05) is 37.3 Å². The summed E-state index contributed by atoms with van der Waals surface area (Å²) in [6.45, 7) is 7.69. The van der Waals surface area contributed by atoms with Crippen LogP contribution >= 0.6 is 0 Å². The fourth-order valence-corrected chi connectivity index (χ4v) is 4.77. The van der Waals surface area contributed by atoms with E-state index in [2.05, 4.69) is 47.3 Å². The molecule has 2 aromatic carbocycles. The lowest BCUT2D eigenvalue weighted by atomic mass is 10.0. The molecule has 1 aliphatic rings. The van der Waals surface area contributed by atoms with E-state index in [4.69, 9.17) is 9.84 Å². The molecule has 4 aromatic rings. The third-order valence-corrected chi connectivity index (χ3v) is 6.36. The van der Waals surface area contributed by atoms with Crippen LogP contribution in [0.5, 0.6) is 5.75 Å². The van der Waals surface area contributed by atoms with Gasteiger partial charge in [-0.3, -0.25) is 0 Å². The van der Waals surface area contributed by atoms with Gasteiger partial charge in [-0.05, 0) is 62.2 Å². The Bertz CT molecular complexity index is 1320. The fourth-order valence-electron chi connectivity index (χ4n) is 4.77. The van der Waals surface area contributed by atoms with Crippen molar-refractivity contribution in [2.75, 3.05) is 13.2 Å². The standard InChI is InChI=1S/C28H31N5O2/c1-4-16-29-28(34)32-19-24-20(3)30-33(22-12-7-6-8-13-22)27(24)31-17-10-15-25(31)26(32)21-11-9-14-23(18-21)35-5-2/h6-15,17-18,26H,4-5,16,19H2,1-3H3,(H,29,34)/t26-/m1/s1. The van der Waals surface area contributed by atoms with E-state index in [1.807, 2.05) is 65.9 Å². The summed E-state index contributed by atoms with van der Waals surface area (Å²) in [5.41, 5.74) is 4.92. The summed E-state index contributed by atoms with van der Waals surface area (Å²) in [5.74, 6) is 1.76. The highest BCUT2D eigenvalue weighted by Gasteiger charge is 2.36. The summed E-state index contributed by atoms with van der Waals surface area (Å²) in [4.78, 5) is 15.5. The minimum absolute atomic E-state index is 0.0916. The van der Waals surface area contributed by atoms with Crippen molar-refractivity contribution in [3.63, 3.8) is 0 Å². The average Bonchev–Trinajstić information content (AvgIpc) is 3.44. The van der Waals surface area contributed by atoms with Crippen LogP contribution in [0, 0.1) is 6.92 Å². The van der Waals surface area contributed by atoms with Gasteiger partial charge in [0.05, 0.1) is 36.3 Å². The van der Waals surface area contributed by atoms with Crippen molar-refractivity contribution in [2.45, 2.75) is 39.8 Å². The van der Waals surface area contributed by atoms with Crippen molar-refractivity contribution in [1.29, 1.82) is 0 Å². The normalized spacial score (nSPS) is 14.7. The summed E-state index contributed by atoms with van der Waals surface area (Å²) >= 11 is 0. The van der Waals surface area contributed by atoms with E-state index in [1.54, 1.807) is 0 Å². The number of carbonyl (C=O) groups excluding carboxylic acids is 1. The summed E-state index contributed by atoms with van der Waals surface area (Å²) < 4.78 is 9.96. The predicted octanol–water partition coefficient (Wildman–Crippen LogP) is 5.39. The zero-order chi connectivity index (χ0) is 24.4. The predicted molar refractivity (Wildman–Crippen MR) is 136 cm³/mol. The second-order valence-electron chi connectivity index (χ2n) is 8.71. The summed E-state index contributed by atoms with van der Waals surface area (Å²) in [7, 11) is 0. The first-order valence-corrected chi connectivity index (χ1v) is 12.2. The number of benzene rings is 2. The zero-order valence-corrected chi connectivity index (χ0v) is 20.4. The van der Waals surface area contributed by atoms with Gasteiger partial charge in [0.15, 0.2) is 0 Å². The van der Waals surface area contributed by atoms with Gasteiger partial charge in [-0.15, -0.1) is 0 Å². The summed E-state index contributed by atoms with van der Waals surface area (Å²) in [6.07, 6.45) is 2.93. The molecular weight excluding hydrogens is 438 g/mol. The molecule has 0 saturated heterocycles. The van der Waals surface area contributed by atoms with Crippen LogP contribution in [0.25, 0.3) is 11.5 Å². The maximum Gasteiger partial charge on any atom is 0.318 e. The van der Waals surface area contributed by atoms with Crippen LogP contribution in [0.15, 0.2) is 72.9 Å². The van der Waals surface area contributed by atoms with Gasteiger partial charge in [-0.2, -0.15) is 5.10 Å². The Balaban J connectivity index is 1.71. The second-order valence-corrected chi connectivity index (χ2v) is 8.71. The highest BCUT2D eigenvalue weighted by molar-refractivity contribution is 5.76. The quantitative estimate of drug-likeness (QED) is 0.412. The van der Waals surface area contributed by atoms with Gasteiger partial charge in [0.25, 0.3) is 0 Å². The number of nitrogens with one attached hydrogen (secondary N) is 1. The Hall–Kier alpha value is -4.00. The minimum Gasteiger partial charge on any atom is -0.494 e. The topological polar surface area (TPSA) is 64.3 Å². The van der Waals surface area contributed by atoms with E-state index >= 15 is 0 Å². The molecule has 0 spiro atoms. The third-order valence-electron chi connectivity index (χ3n) is 6.36. The molecule has 5 rings (SSSR count). The molecule has 0 bridgehead atoms. The Labute approximate surface area is 205 Å². The molecular formula is C28H31N5O2. The maximum atomic E-state index is 13.6. The smallest absolute Gasteiger partial charge is 0.318 e. The molecule has 1 N–H and O–H groups in total.